The van der Waals surface area contributed by atoms with Gasteiger partial charge in [0.15, 0.2) is 5.16 Å². The lowest BCUT2D eigenvalue weighted by molar-refractivity contribution is 0.0695. The summed E-state index contributed by atoms with van der Waals surface area (Å²) in [6.45, 7) is 0. The van der Waals surface area contributed by atoms with E-state index in [0.29, 0.717) is 5.16 Å². The Bertz CT molecular complexity index is 667. The molecule has 0 saturated heterocycles. The van der Waals surface area contributed by atoms with Crippen molar-refractivity contribution in [2.24, 2.45) is 0 Å². The van der Waals surface area contributed by atoms with Crippen molar-refractivity contribution < 1.29 is 9.90 Å². The third-order valence-electron chi connectivity index (χ3n) is 2.15. The van der Waals surface area contributed by atoms with Crippen molar-refractivity contribution in [3.63, 3.8) is 0 Å². The van der Waals surface area contributed by atoms with Gasteiger partial charge in [0.2, 0.25) is 5.43 Å². The van der Waals surface area contributed by atoms with Crippen LogP contribution in [0.4, 0.5) is 5.82 Å². The minimum Gasteiger partial charge on any atom is -0.477 e. The number of nitrogens with two attached hydrogens (primary N) is 1. The first-order chi connectivity index (χ1) is 8.04. The molecule has 0 aromatic carbocycles. The van der Waals surface area contributed by atoms with Gasteiger partial charge in [-0.25, -0.2) is 14.8 Å². The zero-order valence-electron chi connectivity index (χ0n) is 8.72. The van der Waals surface area contributed by atoms with Gasteiger partial charge in [0.25, 0.3) is 0 Å². The van der Waals surface area contributed by atoms with E-state index in [2.05, 4.69) is 15.0 Å². The summed E-state index contributed by atoms with van der Waals surface area (Å²) in [6, 6.07) is 0. The largest absolute Gasteiger partial charge is 0.477 e. The van der Waals surface area contributed by atoms with Crippen molar-refractivity contribution in [1.29, 1.82) is 0 Å². The third-order valence-corrected chi connectivity index (χ3v) is 2.70. The van der Waals surface area contributed by atoms with E-state index in [1.54, 1.807) is 6.26 Å². The molecule has 0 aliphatic carbocycles. The molecule has 0 spiro atoms. The fraction of sp³-hybridized carbons (Fsp3) is 0.111. The molecular weight excluding hydrogens is 244 g/mol. The molecule has 88 valence electrons. The number of pyridine rings is 1. The number of nitrogens with zero attached hydrogens (tertiary/aromatic N) is 2. The minimum atomic E-state index is -1.32. The molecule has 7 nitrogen and oxygen atoms in total. The molecular formula is C9H8N4O3S. The highest BCUT2D eigenvalue weighted by Gasteiger charge is 2.15. The quantitative estimate of drug-likeness (QED) is 0.519. The van der Waals surface area contributed by atoms with Gasteiger partial charge in [-0.05, 0) is 6.26 Å². The van der Waals surface area contributed by atoms with Crippen LogP contribution in [-0.4, -0.2) is 32.3 Å². The molecule has 8 heteroatoms. The number of hydrogen-bond acceptors (Lipinski definition) is 6. The summed E-state index contributed by atoms with van der Waals surface area (Å²) < 4.78 is 0. The molecule has 0 saturated carbocycles. The van der Waals surface area contributed by atoms with Gasteiger partial charge in [0.1, 0.15) is 22.4 Å². The van der Waals surface area contributed by atoms with E-state index in [1.807, 2.05) is 0 Å². The van der Waals surface area contributed by atoms with Crippen molar-refractivity contribution in [3.8, 4) is 0 Å². The number of carboxylic acids is 1. The maximum atomic E-state index is 11.8. The smallest absolute Gasteiger partial charge is 0.341 e. The number of aromatic amines is 1. The second-order valence-electron chi connectivity index (χ2n) is 3.16. The number of anilines is 1. The van der Waals surface area contributed by atoms with Gasteiger partial charge in [0.05, 0.1) is 0 Å². The molecule has 2 rings (SSSR count). The van der Waals surface area contributed by atoms with Gasteiger partial charge in [-0.2, -0.15) is 0 Å². The van der Waals surface area contributed by atoms with Crippen LogP contribution in [0.2, 0.25) is 0 Å². The number of thioether (sulfide) groups is 1. The van der Waals surface area contributed by atoms with Gasteiger partial charge in [-0.1, -0.05) is 11.8 Å². The second-order valence-corrected chi connectivity index (χ2v) is 3.93. The van der Waals surface area contributed by atoms with Crippen molar-refractivity contribution in [1.82, 2.24) is 15.0 Å². The second kappa shape index (κ2) is 4.06. The Labute approximate surface area is 99.1 Å². The van der Waals surface area contributed by atoms with Crippen LogP contribution >= 0.6 is 11.8 Å². The van der Waals surface area contributed by atoms with E-state index in [9.17, 15) is 9.59 Å². The molecule has 17 heavy (non-hydrogen) atoms. The highest BCUT2D eigenvalue weighted by molar-refractivity contribution is 7.98. The number of hydrogen-bond donors (Lipinski definition) is 3. The molecule has 0 bridgehead atoms. The lowest BCUT2D eigenvalue weighted by Crippen LogP contribution is -2.17. The molecule has 0 fully saturated rings. The normalized spacial score (nSPS) is 10.6. The average molecular weight is 252 g/mol. The molecule has 2 aromatic heterocycles. The summed E-state index contributed by atoms with van der Waals surface area (Å²) in [5.41, 5.74) is 4.79. The van der Waals surface area contributed by atoms with Crippen LogP contribution in [0.25, 0.3) is 11.0 Å². The van der Waals surface area contributed by atoms with E-state index in [1.165, 1.54) is 11.8 Å². The Hall–Kier alpha value is -2.09. The average Bonchev–Trinajstić information content (AvgIpc) is 2.28. The summed E-state index contributed by atoms with van der Waals surface area (Å²) in [5.74, 6) is -1.34. The Morgan fingerprint density at radius 1 is 1.53 bits per heavy atom. The Kier molecular flexibility index (Phi) is 2.72. The van der Waals surface area contributed by atoms with E-state index in [-0.39, 0.29) is 22.4 Å². The number of carboxylic acid groups (broad SMARTS) is 1. The number of aromatic carboxylic acids is 1. The monoisotopic (exact) mass is 252 g/mol. The van der Waals surface area contributed by atoms with Gasteiger partial charge < -0.3 is 15.8 Å². The molecule has 0 aliphatic rings. The zero-order chi connectivity index (χ0) is 12.6. The minimum absolute atomic E-state index is 0.00250. The van der Waals surface area contributed by atoms with Crippen molar-refractivity contribution in [3.05, 3.63) is 22.0 Å². The standard InChI is InChI=1S/C9H8N4O3S/c1-17-9-12-6(10)4-5(14)3(8(15)16)2-11-7(4)13-9/h2H,1H3,(H,15,16)(H3,10,11,12,13,14). The molecule has 0 atom stereocenters. The zero-order valence-corrected chi connectivity index (χ0v) is 9.54. The summed E-state index contributed by atoms with van der Waals surface area (Å²) >= 11 is 1.27. The fourth-order valence-electron chi connectivity index (χ4n) is 1.38. The van der Waals surface area contributed by atoms with Crippen LogP contribution in [0, 0.1) is 0 Å². The van der Waals surface area contributed by atoms with Crippen molar-refractivity contribution in [2.45, 2.75) is 5.16 Å². The lowest BCUT2D eigenvalue weighted by atomic mass is 10.2. The van der Waals surface area contributed by atoms with Crippen molar-refractivity contribution >= 4 is 34.6 Å². The Balaban J connectivity index is 2.87. The summed E-state index contributed by atoms with van der Waals surface area (Å²) in [6.07, 6.45) is 2.87. The number of rotatable bonds is 2. The van der Waals surface area contributed by atoms with Crippen LogP contribution in [0.15, 0.2) is 16.1 Å². The first-order valence-corrected chi connectivity index (χ1v) is 5.73. The number of H-pyrrole nitrogens is 1. The van der Waals surface area contributed by atoms with E-state index >= 15 is 0 Å². The van der Waals surface area contributed by atoms with Gasteiger partial charge in [-0.3, -0.25) is 4.79 Å². The Morgan fingerprint density at radius 3 is 2.82 bits per heavy atom. The number of fused-ring (bicyclic) bond motifs is 1. The molecule has 4 N–H and O–H groups in total. The van der Waals surface area contributed by atoms with Crippen molar-refractivity contribution in [2.75, 3.05) is 12.0 Å². The summed E-state index contributed by atoms with van der Waals surface area (Å²) in [7, 11) is 0. The molecule has 0 aliphatic heterocycles. The summed E-state index contributed by atoms with van der Waals surface area (Å²) in [4.78, 5) is 33.2. The third kappa shape index (κ3) is 1.82. The first kappa shape index (κ1) is 11.4. The highest BCUT2D eigenvalue weighted by atomic mass is 32.2. The molecule has 0 unspecified atom stereocenters. The topological polar surface area (TPSA) is 122 Å². The van der Waals surface area contributed by atoms with Gasteiger partial charge >= 0.3 is 5.97 Å². The predicted molar refractivity (Wildman–Crippen MR) is 63.3 cm³/mol. The lowest BCUT2D eigenvalue weighted by Gasteiger charge is -2.03. The predicted octanol–water partition coefficient (Wildman–Crippen LogP) is 0.320. The van der Waals surface area contributed by atoms with Gasteiger partial charge in [0, 0.05) is 6.20 Å². The maximum Gasteiger partial charge on any atom is 0.341 e. The van der Waals surface area contributed by atoms with Crippen LogP contribution in [0.1, 0.15) is 10.4 Å². The molecule has 0 radical (unpaired) electrons. The van der Waals surface area contributed by atoms with Gasteiger partial charge in [-0.15, -0.1) is 0 Å². The SMILES string of the molecule is CSc1nc(N)c2c(=O)c(C(=O)O)c[nH]c2n1. The van der Waals surface area contributed by atoms with Crippen LogP contribution in [0.5, 0.6) is 0 Å². The van der Waals surface area contributed by atoms with Crippen LogP contribution in [-0.2, 0) is 0 Å². The molecule has 2 aromatic rings. The first-order valence-electron chi connectivity index (χ1n) is 4.50. The summed E-state index contributed by atoms with van der Waals surface area (Å²) in [5, 5.41) is 9.22. The number of nitrogens with one attached hydrogen (secondary N) is 1. The van der Waals surface area contributed by atoms with E-state index in [4.69, 9.17) is 10.8 Å². The Morgan fingerprint density at radius 2 is 2.24 bits per heavy atom. The van der Waals surface area contributed by atoms with Crippen LogP contribution in [0.3, 0.4) is 0 Å². The van der Waals surface area contributed by atoms with E-state index < -0.39 is 11.4 Å². The number of nitrogen functional groups attached to an aromatic ring is 1. The number of carbonyl (C=O) groups is 1. The number of aromatic nitrogens is 3. The van der Waals surface area contributed by atoms with Crippen LogP contribution < -0.4 is 11.2 Å². The highest BCUT2D eigenvalue weighted by Crippen LogP contribution is 2.17. The fourth-order valence-corrected chi connectivity index (χ4v) is 1.75. The maximum absolute atomic E-state index is 11.8. The molecule has 0 amide bonds. The van der Waals surface area contributed by atoms with E-state index in [0.717, 1.165) is 6.20 Å². The molecule has 2 heterocycles.